The van der Waals surface area contributed by atoms with Gasteiger partial charge in [-0.15, -0.1) is 0 Å². The Labute approximate surface area is 204 Å². The largest absolute Gasteiger partial charge is 0.497 e. The Morgan fingerprint density at radius 3 is 1.80 bits per heavy atom. The molecule has 3 N–H and O–H groups in total. The van der Waals surface area contributed by atoms with Gasteiger partial charge in [-0.2, -0.15) is 0 Å². The van der Waals surface area contributed by atoms with Crippen molar-refractivity contribution in [2.24, 2.45) is 0 Å². The fourth-order valence-corrected chi connectivity index (χ4v) is 2.92. The van der Waals surface area contributed by atoms with Crippen LogP contribution in [0.3, 0.4) is 0 Å². The lowest BCUT2D eigenvalue weighted by Crippen LogP contribution is -2.00. The molecule has 3 aromatic carbocycles. The molecule has 35 heavy (non-hydrogen) atoms. The number of ketones is 1. The molecular weight excluding hydrogens is 448 g/mol. The standard InChI is InChI=1S/C18H18O4.C10H10O3/c1-21-15-7-3-13(4-8-15)6-10-17(20)16-9-5-14(12-19)11-18(16)22-2;11-7-9-3-1-8(2-4-9)5-6-10(12)13/h3-11,19H,12H2,1-2H3;1-6,11H,7H2,(H,12,13)/b10-6+;6-5+. The highest BCUT2D eigenvalue weighted by atomic mass is 16.5. The van der Waals surface area contributed by atoms with Crippen LogP contribution in [0.15, 0.2) is 78.9 Å². The second kappa shape index (κ2) is 14.1. The number of hydrogen-bond donors (Lipinski definition) is 3. The highest BCUT2D eigenvalue weighted by molar-refractivity contribution is 6.08. The van der Waals surface area contributed by atoms with Crippen molar-refractivity contribution in [3.05, 3.63) is 107 Å². The Hall–Kier alpha value is -4.20. The minimum atomic E-state index is -0.966. The van der Waals surface area contributed by atoms with Gasteiger partial charge in [-0.25, -0.2) is 4.79 Å². The molecule has 0 spiro atoms. The average molecular weight is 477 g/mol. The summed E-state index contributed by atoms with van der Waals surface area (Å²) in [6, 6.07) is 19.4. The van der Waals surface area contributed by atoms with Crippen LogP contribution in [0.5, 0.6) is 11.5 Å². The number of benzene rings is 3. The van der Waals surface area contributed by atoms with E-state index in [4.69, 9.17) is 24.8 Å². The summed E-state index contributed by atoms with van der Waals surface area (Å²) >= 11 is 0. The van der Waals surface area contributed by atoms with E-state index in [1.807, 2.05) is 24.3 Å². The van der Waals surface area contributed by atoms with Crippen molar-refractivity contribution in [3.8, 4) is 11.5 Å². The normalized spacial score (nSPS) is 10.6. The summed E-state index contributed by atoms with van der Waals surface area (Å²) in [6.45, 7) is -0.0879. The van der Waals surface area contributed by atoms with Crippen molar-refractivity contribution >= 4 is 23.9 Å². The van der Waals surface area contributed by atoms with Crippen molar-refractivity contribution in [3.63, 3.8) is 0 Å². The van der Waals surface area contributed by atoms with Gasteiger partial charge < -0.3 is 24.8 Å². The van der Waals surface area contributed by atoms with Gasteiger partial charge in [0.25, 0.3) is 0 Å². The van der Waals surface area contributed by atoms with Crippen LogP contribution in [0, 0.1) is 0 Å². The first-order valence-corrected chi connectivity index (χ1v) is 10.6. The van der Waals surface area contributed by atoms with Gasteiger partial charge >= 0.3 is 5.97 Å². The second-order valence-corrected chi connectivity index (χ2v) is 7.23. The van der Waals surface area contributed by atoms with E-state index < -0.39 is 5.97 Å². The van der Waals surface area contributed by atoms with Crippen molar-refractivity contribution < 1.29 is 34.4 Å². The summed E-state index contributed by atoms with van der Waals surface area (Å²) in [6.07, 6.45) is 5.82. The maximum absolute atomic E-state index is 12.3. The van der Waals surface area contributed by atoms with Crippen LogP contribution in [-0.4, -0.2) is 41.3 Å². The molecule has 0 amide bonds. The monoisotopic (exact) mass is 476 g/mol. The molecule has 0 heterocycles. The average Bonchev–Trinajstić information content (AvgIpc) is 2.91. The summed E-state index contributed by atoms with van der Waals surface area (Å²) in [5, 5.41) is 26.2. The molecule has 0 atom stereocenters. The number of allylic oxidation sites excluding steroid dienone is 1. The third-order valence-corrected chi connectivity index (χ3v) is 4.84. The van der Waals surface area contributed by atoms with Gasteiger partial charge in [-0.1, -0.05) is 48.5 Å². The van der Waals surface area contributed by atoms with E-state index in [9.17, 15) is 9.59 Å². The minimum absolute atomic E-state index is 0.00290. The quantitative estimate of drug-likeness (QED) is 0.310. The minimum Gasteiger partial charge on any atom is -0.497 e. The molecule has 0 aliphatic heterocycles. The van der Waals surface area contributed by atoms with Crippen LogP contribution in [0.2, 0.25) is 0 Å². The van der Waals surface area contributed by atoms with E-state index in [1.165, 1.54) is 19.3 Å². The van der Waals surface area contributed by atoms with E-state index in [0.717, 1.165) is 28.5 Å². The molecule has 0 fully saturated rings. The van der Waals surface area contributed by atoms with Gasteiger partial charge in [0.15, 0.2) is 5.78 Å². The van der Waals surface area contributed by atoms with Gasteiger partial charge in [0.1, 0.15) is 11.5 Å². The first kappa shape index (κ1) is 27.0. The predicted octanol–water partition coefficient (Wildman–Crippen LogP) is 4.37. The molecule has 0 aromatic heterocycles. The lowest BCUT2D eigenvalue weighted by molar-refractivity contribution is -0.131. The van der Waals surface area contributed by atoms with Crippen LogP contribution in [0.25, 0.3) is 12.2 Å². The molecule has 0 unspecified atom stereocenters. The molecule has 0 saturated heterocycles. The number of ether oxygens (including phenoxy) is 2. The van der Waals surface area contributed by atoms with Gasteiger partial charge in [-0.3, -0.25) is 4.79 Å². The van der Waals surface area contributed by atoms with Crippen molar-refractivity contribution in [2.75, 3.05) is 14.2 Å². The Balaban J connectivity index is 0.000000283. The third kappa shape index (κ3) is 8.92. The molecule has 3 aromatic rings. The van der Waals surface area contributed by atoms with Crippen LogP contribution in [0.1, 0.15) is 32.6 Å². The summed E-state index contributed by atoms with van der Waals surface area (Å²) in [4.78, 5) is 22.4. The molecule has 0 bridgehead atoms. The maximum atomic E-state index is 12.3. The van der Waals surface area contributed by atoms with Crippen LogP contribution in [0.4, 0.5) is 0 Å². The molecular formula is C28H28O7. The summed E-state index contributed by atoms with van der Waals surface area (Å²) in [5.74, 6) is 0.101. The molecule has 3 rings (SSSR count). The first-order valence-electron chi connectivity index (χ1n) is 10.6. The molecule has 0 aliphatic carbocycles. The highest BCUT2D eigenvalue weighted by Gasteiger charge is 2.10. The summed E-state index contributed by atoms with van der Waals surface area (Å²) in [5.41, 5.74) is 3.68. The number of carbonyl (C=O) groups is 2. The van der Waals surface area contributed by atoms with E-state index in [-0.39, 0.29) is 19.0 Å². The first-order chi connectivity index (χ1) is 16.9. The number of hydrogen-bond acceptors (Lipinski definition) is 6. The number of carbonyl (C=O) groups excluding carboxylic acids is 1. The van der Waals surface area contributed by atoms with E-state index in [2.05, 4.69) is 0 Å². The lowest BCUT2D eigenvalue weighted by Gasteiger charge is -2.07. The zero-order valence-corrected chi connectivity index (χ0v) is 19.5. The van der Waals surface area contributed by atoms with E-state index in [1.54, 1.807) is 55.7 Å². The van der Waals surface area contributed by atoms with Gasteiger partial charge in [0, 0.05) is 6.08 Å². The fraction of sp³-hybridized carbons (Fsp3) is 0.143. The third-order valence-electron chi connectivity index (χ3n) is 4.84. The Bertz CT molecular complexity index is 1160. The van der Waals surface area contributed by atoms with Crippen molar-refractivity contribution in [2.45, 2.75) is 13.2 Å². The van der Waals surface area contributed by atoms with Gasteiger partial charge in [0.2, 0.25) is 0 Å². The fourth-order valence-electron chi connectivity index (χ4n) is 2.92. The SMILES string of the molecule is COc1ccc(/C=C/C(=O)c2ccc(CO)cc2OC)cc1.O=C(O)/C=C/c1ccc(CO)cc1. The zero-order valence-electron chi connectivity index (χ0n) is 19.5. The Kier molecular flexibility index (Phi) is 10.9. The lowest BCUT2D eigenvalue weighted by atomic mass is 10.1. The molecule has 182 valence electrons. The molecule has 0 saturated carbocycles. The molecule has 7 heteroatoms. The number of aliphatic hydroxyl groups is 2. The van der Waals surface area contributed by atoms with Gasteiger partial charge in [0.05, 0.1) is 33.0 Å². The molecule has 0 radical (unpaired) electrons. The van der Waals surface area contributed by atoms with E-state index in [0.29, 0.717) is 16.9 Å². The number of methoxy groups -OCH3 is 2. The summed E-state index contributed by atoms with van der Waals surface area (Å²) < 4.78 is 10.3. The molecule has 0 aliphatic rings. The maximum Gasteiger partial charge on any atom is 0.328 e. The highest BCUT2D eigenvalue weighted by Crippen LogP contribution is 2.22. The predicted molar refractivity (Wildman–Crippen MR) is 134 cm³/mol. The molecule has 7 nitrogen and oxygen atoms in total. The van der Waals surface area contributed by atoms with Gasteiger partial charge in [-0.05, 0) is 58.7 Å². The van der Waals surface area contributed by atoms with Crippen molar-refractivity contribution in [1.29, 1.82) is 0 Å². The number of rotatable bonds is 9. The number of aliphatic hydroxyl groups excluding tert-OH is 2. The number of carboxylic acid groups (broad SMARTS) is 1. The second-order valence-electron chi connectivity index (χ2n) is 7.23. The van der Waals surface area contributed by atoms with Crippen LogP contribution in [-0.2, 0) is 18.0 Å². The van der Waals surface area contributed by atoms with Crippen LogP contribution >= 0.6 is 0 Å². The zero-order chi connectivity index (χ0) is 25.6. The van der Waals surface area contributed by atoms with Crippen molar-refractivity contribution in [1.82, 2.24) is 0 Å². The number of carboxylic acids is 1. The Morgan fingerprint density at radius 1 is 0.743 bits per heavy atom. The van der Waals surface area contributed by atoms with Crippen LogP contribution < -0.4 is 9.47 Å². The van der Waals surface area contributed by atoms with E-state index >= 15 is 0 Å². The number of aliphatic carboxylic acids is 1. The topological polar surface area (TPSA) is 113 Å². The Morgan fingerprint density at radius 2 is 1.29 bits per heavy atom. The smallest absolute Gasteiger partial charge is 0.328 e. The summed E-state index contributed by atoms with van der Waals surface area (Å²) in [7, 11) is 3.11.